The molecule has 2 N–H and O–H groups in total. The van der Waals surface area contributed by atoms with Gasteiger partial charge in [-0.2, -0.15) is 5.26 Å². The van der Waals surface area contributed by atoms with Gasteiger partial charge in [-0.3, -0.25) is 9.59 Å². The molecule has 0 aliphatic carbocycles. The Morgan fingerprint density at radius 2 is 2.00 bits per heavy atom. The van der Waals surface area contributed by atoms with Crippen molar-refractivity contribution < 1.29 is 9.59 Å². The second-order valence-corrected chi connectivity index (χ2v) is 5.65. The zero-order chi connectivity index (χ0) is 17.8. The monoisotopic (exact) mass is 332 g/mol. The van der Waals surface area contributed by atoms with E-state index < -0.39 is 0 Å². The highest BCUT2D eigenvalue weighted by atomic mass is 16.2. The minimum Gasteiger partial charge on any atom is -0.360 e. The van der Waals surface area contributed by atoms with E-state index in [0.717, 1.165) is 10.9 Å². The maximum Gasteiger partial charge on any atom is 0.256 e. The lowest BCUT2D eigenvalue weighted by Gasteiger charge is -2.16. The van der Waals surface area contributed by atoms with Crippen LogP contribution in [0, 0.1) is 11.3 Å². The summed E-state index contributed by atoms with van der Waals surface area (Å²) in [7, 11) is 1.58. The molecule has 0 atom stereocenters. The van der Waals surface area contributed by atoms with E-state index in [1.54, 1.807) is 37.5 Å². The molecule has 1 aromatic heterocycles. The van der Waals surface area contributed by atoms with Crippen LogP contribution in [-0.4, -0.2) is 35.3 Å². The van der Waals surface area contributed by atoms with Crippen LogP contribution in [0.2, 0.25) is 0 Å². The Hall–Kier alpha value is -3.59. The van der Waals surface area contributed by atoms with Crippen LogP contribution in [0.1, 0.15) is 15.9 Å². The Bertz CT molecular complexity index is 984. The predicted octanol–water partition coefficient (Wildman–Crippen LogP) is 2.75. The Kier molecular flexibility index (Phi) is 4.48. The molecule has 0 radical (unpaired) electrons. The van der Waals surface area contributed by atoms with Gasteiger partial charge in [-0.25, -0.2) is 0 Å². The van der Waals surface area contributed by atoms with Crippen molar-refractivity contribution in [2.24, 2.45) is 0 Å². The summed E-state index contributed by atoms with van der Waals surface area (Å²) in [6, 6.07) is 16.1. The number of hydrogen-bond acceptors (Lipinski definition) is 3. The first-order chi connectivity index (χ1) is 12.1. The minimum absolute atomic E-state index is 0.0882. The van der Waals surface area contributed by atoms with Gasteiger partial charge in [0.25, 0.3) is 5.91 Å². The van der Waals surface area contributed by atoms with Crippen LogP contribution in [0.15, 0.2) is 54.7 Å². The highest BCUT2D eigenvalue weighted by Crippen LogP contribution is 2.19. The number of aromatic amines is 1. The number of rotatable bonds is 4. The Labute approximate surface area is 144 Å². The number of nitriles is 1. The average Bonchev–Trinajstić information content (AvgIpc) is 3.05. The van der Waals surface area contributed by atoms with Crippen LogP contribution >= 0.6 is 0 Å². The highest BCUT2D eigenvalue weighted by molar-refractivity contribution is 6.08. The lowest BCUT2D eigenvalue weighted by atomic mass is 10.1. The largest absolute Gasteiger partial charge is 0.360 e. The van der Waals surface area contributed by atoms with Gasteiger partial charge in [-0.05, 0) is 24.3 Å². The molecule has 124 valence electrons. The third kappa shape index (κ3) is 3.51. The van der Waals surface area contributed by atoms with Gasteiger partial charge in [-0.15, -0.1) is 0 Å². The average molecular weight is 332 g/mol. The standard InChI is InChI=1S/C19H16N4O2/c1-23(12-18(24)22-14-6-4-5-13(9-14)10-20)19(25)16-11-21-17-8-3-2-7-15(16)17/h2-9,11,21H,12H2,1H3,(H,22,24). The summed E-state index contributed by atoms with van der Waals surface area (Å²) in [5.41, 5.74) is 2.38. The zero-order valence-corrected chi connectivity index (χ0v) is 13.6. The summed E-state index contributed by atoms with van der Waals surface area (Å²) in [6.07, 6.45) is 1.65. The van der Waals surface area contributed by atoms with E-state index in [1.807, 2.05) is 30.3 Å². The number of amides is 2. The third-order valence-electron chi connectivity index (χ3n) is 3.82. The number of benzene rings is 2. The molecule has 6 nitrogen and oxygen atoms in total. The number of fused-ring (bicyclic) bond motifs is 1. The summed E-state index contributed by atoms with van der Waals surface area (Å²) in [5, 5.41) is 12.4. The van der Waals surface area contributed by atoms with Crippen molar-refractivity contribution in [1.29, 1.82) is 5.26 Å². The second kappa shape index (κ2) is 6.89. The molecule has 0 unspecified atom stereocenters. The van der Waals surface area contributed by atoms with Crippen molar-refractivity contribution >= 4 is 28.4 Å². The Balaban J connectivity index is 1.68. The Morgan fingerprint density at radius 3 is 2.80 bits per heavy atom. The first-order valence-corrected chi connectivity index (χ1v) is 7.70. The number of aromatic nitrogens is 1. The lowest BCUT2D eigenvalue weighted by Crippen LogP contribution is -2.34. The molecule has 0 fully saturated rings. The van der Waals surface area contributed by atoms with Crippen LogP contribution in [0.25, 0.3) is 10.9 Å². The smallest absolute Gasteiger partial charge is 0.256 e. The molecule has 6 heteroatoms. The van der Waals surface area contributed by atoms with Gasteiger partial charge in [-0.1, -0.05) is 24.3 Å². The number of nitrogens with one attached hydrogen (secondary N) is 2. The van der Waals surface area contributed by atoms with Crippen molar-refractivity contribution in [2.45, 2.75) is 0 Å². The van der Waals surface area contributed by atoms with E-state index in [4.69, 9.17) is 5.26 Å². The van der Waals surface area contributed by atoms with E-state index in [0.29, 0.717) is 16.8 Å². The zero-order valence-electron chi connectivity index (χ0n) is 13.6. The molecule has 0 saturated heterocycles. The minimum atomic E-state index is -0.328. The molecule has 1 heterocycles. The molecule has 2 aromatic carbocycles. The summed E-state index contributed by atoms with van der Waals surface area (Å²) >= 11 is 0. The maximum absolute atomic E-state index is 12.6. The van der Waals surface area contributed by atoms with Crippen LogP contribution in [0.4, 0.5) is 5.69 Å². The molecule has 25 heavy (non-hydrogen) atoms. The van der Waals surface area contributed by atoms with Gasteiger partial charge in [0, 0.05) is 29.8 Å². The first-order valence-electron chi connectivity index (χ1n) is 7.70. The topological polar surface area (TPSA) is 89.0 Å². The fourth-order valence-corrected chi connectivity index (χ4v) is 2.61. The molecule has 2 amide bonds. The number of nitrogens with zero attached hydrogens (tertiary/aromatic N) is 2. The van der Waals surface area contributed by atoms with Gasteiger partial charge >= 0.3 is 0 Å². The van der Waals surface area contributed by atoms with Gasteiger partial charge in [0.2, 0.25) is 5.91 Å². The van der Waals surface area contributed by atoms with E-state index in [1.165, 1.54) is 4.90 Å². The van der Waals surface area contributed by atoms with Crippen LogP contribution in [0.5, 0.6) is 0 Å². The number of hydrogen-bond donors (Lipinski definition) is 2. The summed E-state index contributed by atoms with van der Waals surface area (Å²) in [5.74, 6) is -0.566. The quantitative estimate of drug-likeness (QED) is 0.770. The van der Waals surface area contributed by atoms with Gasteiger partial charge in [0.1, 0.15) is 0 Å². The highest BCUT2D eigenvalue weighted by Gasteiger charge is 2.18. The van der Waals surface area contributed by atoms with Crippen molar-refractivity contribution in [2.75, 3.05) is 18.9 Å². The van der Waals surface area contributed by atoms with Crippen molar-refractivity contribution in [3.63, 3.8) is 0 Å². The number of carbonyl (C=O) groups is 2. The van der Waals surface area contributed by atoms with Crippen molar-refractivity contribution in [3.8, 4) is 6.07 Å². The number of carbonyl (C=O) groups excluding carboxylic acids is 2. The Morgan fingerprint density at radius 1 is 1.20 bits per heavy atom. The molecular weight excluding hydrogens is 316 g/mol. The first kappa shape index (κ1) is 16.3. The fraction of sp³-hybridized carbons (Fsp3) is 0.105. The molecule has 0 spiro atoms. The molecular formula is C19H16N4O2. The summed E-state index contributed by atoms with van der Waals surface area (Å²) < 4.78 is 0. The normalized spacial score (nSPS) is 10.2. The van der Waals surface area contributed by atoms with Crippen molar-refractivity contribution in [3.05, 3.63) is 65.9 Å². The summed E-state index contributed by atoms with van der Waals surface area (Å²) in [6.45, 7) is -0.0882. The van der Waals surface area contributed by atoms with E-state index in [2.05, 4.69) is 10.3 Å². The molecule has 3 aromatic rings. The van der Waals surface area contributed by atoms with Gasteiger partial charge in [0.15, 0.2) is 0 Å². The SMILES string of the molecule is CN(CC(=O)Nc1cccc(C#N)c1)C(=O)c1c[nH]c2ccccc12. The number of H-pyrrole nitrogens is 1. The van der Waals surface area contributed by atoms with Gasteiger partial charge in [0.05, 0.1) is 23.7 Å². The molecule has 0 aliphatic heterocycles. The molecule has 0 saturated carbocycles. The van der Waals surface area contributed by atoms with E-state index in [-0.39, 0.29) is 18.4 Å². The lowest BCUT2D eigenvalue weighted by molar-refractivity contribution is -0.116. The van der Waals surface area contributed by atoms with Crippen molar-refractivity contribution in [1.82, 2.24) is 9.88 Å². The summed E-state index contributed by atoms with van der Waals surface area (Å²) in [4.78, 5) is 29.2. The van der Waals surface area contributed by atoms with Gasteiger partial charge < -0.3 is 15.2 Å². The van der Waals surface area contributed by atoms with Crippen LogP contribution < -0.4 is 5.32 Å². The molecule has 0 aliphatic rings. The predicted molar refractivity (Wildman–Crippen MR) is 95.0 cm³/mol. The number of anilines is 1. The number of likely N-dealkylation sites (N-methyl/N-ethyl adjacent to an activating group) is 1. The van der Waals surface area contributed by atoms with Crippen LogP contribution in [0.3, 0.4) is 0 Å². The third-order valence-corrected chi connectivity index (χ3v) is 3.82. The molecule has 3 rings (SSSR count). The fourth-order valence-electron chi connectivity index (χ4n) is 2.61. The number of para-hydroxylation sites is 1. The molecule has 0 bridgehead atoms. The van der Waals surface area contributed by atoms with E-state index >= 15 is 0 Å². The second-order valence-electron chi connectivity index (χ2n) is 5.65. The van der Waals surface area contributed by atoms with Crippen LogP contribution in [-0.2, 0) is 4.79 Å². The van der Waals surface area contributed by atoms with E-state index in [9.17, 15) is 9.59 Å². The maximum atomic E-state index is 12.6.